The van der Waals surface area contributed by atoms with E-state index in [1.54, 1.807) is 0 Å². The highest BCUT2D eigenvalue weighted by molar-refractivity contribution is 7.99. The Bertz CT molecular complexity index is 98.3. The molecule has 0 heterocycles. The number of rotatable bonds is 6. The molecule has 10 heavy (non-hydrogen) atoms. The van der Waals surface area contributed by atoms with Gasteiger partial charge in [0.2, 0.25) is 0 Å². The maximum Gasteiger partial charge on any atom is 0.0630 e. The van der Waals surface area contributed by atoms with Crippen molar-refractivity contribution in [2.75, 3.05) is 23.5 Å². The standard InChI is InChI=1S/C7H13NS2/c1-9-5-3-7-10-6-2-4-8/h2-3,5-7H2,1H3. The van der Waals surface area contributed by atoms with Gasteiger partial charge in [0.1, 0.15) is 0 Å². The van der Waals surface area contributed by atoms with Gasteiger partial charge in [-0.2, -0.15) is 28.8 Å². The molecule has 0 spiro atoms. The van der Waals surface area contributed by atoms with Crippen LogP contribution in [-0.4, -0.2) is 23.5 Å². The first-order chi connectivity index (χ1) is 4.91. The van der Waals surface area contributed by atoms with E-state index in [4.69, 9.17) is 5.26 Å². The van der Waals surface area contributed by atoms with Crippen molar-refractivity contribution in [3.63, 3.8) is 0 Å². The van der Waals surface area contributed by atoms with Crippen LogP contribution >= 0.6 is 23.5 Å². The summed E-state index contributed by atoms with van der Waals surface area (Å²) >= 11 is 3.77. The molecule has 0 atom stereocenters. The van der Waals surface area contributed by atoms with Gasteiger partial charge in [-0.1, -0.05) is 0 Å². The molecule has 58 valence electrons. The van der Waals surface area contributed by atoms with Crippen LogP contribution in [0.15, 0.2) is 0 Å². The lowest BCUT2D eigenvalue weighted by molar-refractivity contribution is 1.12. The van der Waals surface area contributed by atoms with Gasteiger partial charge < -0.3 is 0 Å². The molecule has 0 fully saturated rings. The van der Waals surface area contributed by atoms with Crippen LogP contribution in [0.1, 0.15) is 12.8 Å². The summed E-state index contributed by atoms with van der Waals surface area (Å²) in [5.41, 5.74) is 0. The summed E-state index contributed by atoms with van der Waals surface area (Å²) in [6.07, 6.45) is 4.10. The Morgan fingerprint density at radius 3 is 2.70 bits per heavy atom. The fourth-order valence-electron chi connectivity index (χ4n) is 0.525. The first-order valence-corrected chi connectivity index (χ1v) is 5.90. The maximum absolute atomic E-state index is 8.20. The fourth-order valence-corrected chi connectivity index (χ4v) is 1.93. The molecule has 0 radical (unpaired) electrons. The third kappa shape index (κ3) is 8.19. The molecule has 0 N–H and O–H groups in total. The summed E-state index contributed by atoms with van der Waals surface area (Å²) < 4.78 is 0. The molecule has 0 unspecified atom stereocenters. The second-order valence-electron chi connectivity index (χ2n) is 1.87. The van der Waals surface area contributed by atoms with Crippen LogP contribution in [0.25, 0.3) is 0 Å². The number of nitrogens with zero attached hydrogens (tertiary/aromatic N) is 1. The molecular formula is C7H13NS2. The van der Waals surface area contributed by atoms with Gasteiger partial charge in [-0.25, -0.2) is 0 Å². The zero-order chi connectivity index (χ0) is 7.66. The molecule has 1 nitrogen and oxygen atoms in total. The Balaban J connectivity index is 2.72. The molecule has 0 saturated carbocycles. The normalized spacial score (nSPS) is 9.20. The van der Waals surface area contributed by atoms with E-state index in [1.807, 2.05) is 23.5 Å². The molecule has 0 aromatic rings. The van der Waals surface area contributed by atoms with Crippen molar-refractivity contribution in [1.82, 2.24) is 0 Å². The van der Waals surface area contributed by atoms with Crippen LogP contribution in [0.3, 0.4) is 0 Å². The largest absolute Gasteiger partial charge is 0.198 e. The highest BCUT2D eigenvalue weighted by atomic mass is 32.2. The summed E-state index contributed by atoms with van der Waals surface area (Å²) in [4.78, 5) is 0. The molecule has 0 rings (SSSR count). The van der Waals surface area contributed by atoms with E-state index in [-0.39, 0.29) is 0 Å². The van der Waals surface area contributed by atoms with Crippen LogP contribution < -0.4 is 0 Å². The zero-order valence-electron chi connectivity index (χ0n) is 6.30. The van der Waals surface area contributed by atoms with E-state index in [1.165, 1.54) is 17.9 Å². The fraction of sp³-hybridized carbons (Fsp3) is 0.857. The van der Waals surface area contributed by atoms with Gasteiger partial charge in [-0.15, -0.1) is 0 Å². The maximum atomic E-state index is 8.20. The highest BCUT2D eigenvalue weighted by Crippen LogP contribution is 2.06. The van der Waals surface area contributed by atoms with E-state index in [0.29, 0.717) is 6.42 Å². The van der Waals surface area contributed by atoms with Crippen molar-refractivity contribution in [2.24, 2.45) is 0 Å². The molecule has 0 aliphatic carbocycles. The van der Waals surface area contributed by atoms with Crippen molar-refractivity contribution >= 4 is 23.5 Å². The predicted molar refractivity (Wildman–Crippen MR) is 50.6 cm³/mol. The van der Waals surface area contributed by atoms with Crippen molar-refractivity contribution < 1.29 is 0 Å². The molecule has 0 aromatic heterocycles. The Kier molecular flexibility index (Phi) is 9.36. The quantitative estimate of drug-likeness (QED) is 0.579. The molecule has 3 heteroatoms. The Morgan fingerprint density at radius 1 is 1.30 bits per heavy atom. The first-order valence-electron chi connectivity index (χ1n) is 3.35. The first kappa shape index (κ1) is 10.2. The molecule has 0 aliphatic rings. The van der Waals surface area contributed by atoms with Crippen molar-refractivity contribution in [2.45, 2.75) is 12.8 Å². The van der Waals surface area contributed by atoms with Crippen LogP contribution in [0, 0.1) is 11.3 Å². The third-order valence-electron chi connectivity index (χ3n) is 0.995. The predicted octanol–water partition coefficient (Wildman–Crippen LogP) is 2.39. The number of nitriles is 1. The second kappa shape index (κ2) is 9.19. The molecule has 0 amide bonds. The minimum absolute atomic E-state index is 0.698. The lowest BCUT2D eigenvalue weighted by Crippen LogP contribution is -1.84. The summed E-state index contributed by atoms with van der Waals surface area (Å²) in [5, 5.41) is 8.20. The highest BCUT2D eigenvalue weighted by Gasteiger charge is 1.87. The van der Waals surface area contributed by atoms with Crippen molar-refractivity contribution in [3.05, 3.63) is 0 Å². The van der Waals surface area contributed by atoms with Gasteiger partial charge in [-0.3, -0.25) is 0 Å². The number of hydrogen-bond acceptors (Lipinski definition) is 3. The van der Waals surface area contributed by atoms with Crippen LogP contribution in [-0.2, 0) is 0 Å². The lowest BCUT2D eigenvalue weighted by Gasteiger charge is -1.95. The van der Waals surface area contributed by atoms with Gasteiger partial charge >= 0.3 is 0 Å². The topological polar surface area (TPSA) is 23.8 Å². The van der Waals surface area contributed by atoms with Crippen molar-refractivity contribution in [1.29, 1.82) is 5.26 Å². The average Bonchev–Trinajstić information content (AvgIpc) is 1.97. The number of thioether (sulfide) groups is 2. The minimum atomic E-state index is 0.698. The third-order valence-corrected chi connectivity index (χ3v) is 2.76. The van der Waals surface area contributed by atoms with E-state index < -0.39 is 0 Å². The van der Waals surface area contributed by atoms with Crippen LogP contribution in [0.2, 0.25) is 0 Å². The average molecular weight is 175 g/mol. The van der Waals surface area contributed by atoms with Gasteiger partial charge in [0.25, 0.3) is 0 Å². The molecule has 0 aliphatic heterocycles. The molecular weight excluding hydrogens is 162 g/mol. The SMILES string of the molecule is CSCCCSCCC#N. The molecule has 0 aromatic carbocycles. The monoisotopic (exact) mass is 175 g/mol. The summed E-state index contributed by atoms with van der Waals surface area (Å²) in [6, 6.07) is 2.13. The van der Waals surface area contributed by atoms with Gasteiger partial charge in [-0.05, 0) is 24.2 Å². The van der Waals surface area contributed by atoms with E-state index in [2.05, 4.69) is 12.3 Å². The Labute approximate surface area is 71.6 Å². The minimum Gasteiger partial charge on any atom is -0.198 e. The van der Waals surface area contributed by atoms with E-state index >= 15 is 0 Å². The molecule has 0 saturated heterocycles. The van der Waals surface area contributed by atoms with Crippen LogP contribution in [0.4, 0.5) is 0 Å². The molecule has 0 bridgehead atoms. The van der Waals surface area contributed by atoms with E-state index in [0.717, 1.165) is 5.75 Å². The van der Waals surface area contributed by atoms with Crippen molar-refractivity contribution in [3.8, 4) is 6.07 Å². The van der Waals surface area contributed by atoms with Gasteiger partial charge in [0.05, 0.1) is 6.07 Å². The summed E-state index contributed by atoms with van der Waals surface area (Å²) in [5.74, 6) is 3.47. The zero-order valence-corrected chi connectivity index (χ0v) is 7.93. The van der Waals surface area contributed by atoms with Gasteiger partial charge in [0, 0.05) is 12.2 Å². The summed E-state index contributed by atoms with van der Waals surface area (Å²) in [7, 11) is 0. The Hall–Kier alpha value is 0.190. The lowest BCUT2D eigenvalue weighted by atomic mass is 10.6. The van der Waals surface area contributed by atoms with Crippen LogP contribution in [0.5, 0.6) is 0 Å². The van der Waals surface area contributed by atoms with Gasteiger partial charge in [0.15, 0.2) is 0 Å². The second-order valence-corrected chi connectivity index (χ2v) is 4.08. The summed E-state index contributed by atoms with van der Waals surface area (Å²) in [6.45, 7) is 0. The number of hydrogen-bond donors (Lipinski definition) is 0. The smallest absolute Gasteiger partial charge is 0.0630 e. The van der Waals surface area contributed by atoms with E-state index in [9.17, 15) is 0 Å². The Morgan fingerprint density at radius 2 is 2.10 bits per heavy atom.